The van der Waals surface area contributed by atoms with Crippen LogP contribution in [0.4, 0.5) is 5.69 Å². The Bertz CT molecular complexity index is 600. The third kappa shape index (κ3) is 2.63. The third-order valence-electron chi connectivity index (χ3n) is 2.06. The highest BCUT2D eigenvalue weighted by Crippen LogP contribution is 2.23. The largest absolute Gasteiger partial charge is 0.478 e. The fraction of sp³-hybridized carbons (Fsp3) is 0. The number of aromatic nitrogens is 2. The summed E-state index contributed by atoms with van der Waals surface area (Å²) in [6, 6.07) is 4.03. The van der Waals surface area contributed by atoms with Gasteiger partial charge in [0, 0.05) is 5.38 Å². The molecule has 1 heterocycles. The molecule has 1 amide bonds. The molecule has 0 aliphatic rings. The zero-order valence-corrected chi connectivity index (χ0v) is 10.3. The molecule has 0 aliphatic carbocycles. The van der Waals surface area contributed by atoms with Gasteiger partial charge in [-0.05, 0) is 29.7 Å². The Morgan fingerprint density at radius 2 is 2.17 bits per heavy atom. The summed E-state index contributed by atoms with van der Waals surface area (Å²) in [7, 11) is 0. The summed E-state index contributed by atoms with van der Waals surface area (Å²) >= 11 is 6.92. The van der Waals surface area contributed by atoms with Crippen LogP contribution in [0.3, 0.4) is 0 Å². The quantitative estimate of drug-likeness (QED) is 0.900. The molecular formula is C10H6ClN3O3S. The van der Waals surface area contributed by atoms with Crippen LogP contribution >= 0.6 is 23.1 Å². The first-order valence-corrected chi connectivity index (χ1v) is 5.90. The molecule has 0 spiro atoms. The molecule has 0 atom stereocenters. The van der Waals surface area contributed by atoms with Crippen molar-refractivity contribution in [2.24, 2.45) is 0 Å². The summed E-state index contributed by atoms with van der Waals surface area (Å²) in [5.41, 5.74) is 0.548. The third-order valence-corrected chi connectivity index (χ3v) is 2.87. The van der Waals surface area contributed by atoms with Gasteiger partial charge in [-0.1, -0.05) is 16.1 Å². The fourth-order valence-corrected chi connectivity index (χ4v) is 1.86. The van der Waals surface area contributed by atoms with Crippen molar-refractivity contribution in [2.75, 3.05) is 5.32 Å². The number of amides is 1. The number of aromatic carboxylic acids is 1. The van der Waals surface area contributed by atoms with E-state index in [9.17, 15) is 9.59 Å². The number of halogens is 1. The van der Waals surface area contributed by atoms with Crippen LogP contribution in [0.5, 0.6) is 0 Å². The zero-order chi connectivity index (χ0) is 13.1. The number of nitrogens with one attached hydrogen (secondary N) is 1. The first kappa shape index (κ1) is 12.5. The second-order valence-corrected chi connectivity index (χ2v) is 4.26. The lowest BCUT2D eigenvalue weighted by molar-refractivity contribution is 0.0696. The highest BCUT2D eigenvalue weighted by Gasteiger charge is 2.12. The van der Waals surface area contributed by atoms with E-state index >= 15 is 0 Å². The molecule has 0 fully saturated rings. The normalized spacial score (nSPS) is 10.1. The zero-order valence-electron chi connectivity index (χ0n) is 8.75. The number of hydrogen-bond donors (Lipinski definition) is 2. The number of carboxylic acids is 1. The number of carbonyl (C=O) groups is 2. The monoisotopic (exact) mass is 283 g/mol. The number of carbonyl (C=O) groups excluding carboxylic acids is 1. The fourth-order valence-electron chi connectivity index (χ4n) is 1.20. The van der Waals surface area contributed by atoms with Crippen LogP contribution < -0.4 is 5.32 Å². The number of rotatable bonds is 3. The lowest BCUT2D eigenvalue weighted by Crippen LogP contribution is -2.13. The molecule has 6 nitrogen and oxygen atoms in total. The van der Waals surface area contributed by atoms with Gasteiger partial charge in [-0.2, -0.15) is 0 Å². The van der Waals surface area contributed by atoms with Crippen LogP contribution in [-0.2, 0) is 0 Å². The summed E-state index contributed by atoms with van der Waals surface area (Å²) in [5.74, 6) is -1.53. The van der Waals surface area contributed by atoms with Gasteiger partial charge in [0.2, 0.25) is 0 Å². The number of anilines is 1. The SMILES string of the molecule is O=C(O)c1ccc(NC(=O)c2csnn2)c(Cl)c1. The molecule has 0 radical (unpaired) electrons. The molecule has 8 heteroatoms. The summed E-state index contributed by atoms with van der Waals surface area (Å²) in [6.07, 6.45) is 0. The van der Waals surface area contributed by atoms with E-state index < -0.39 is 11.9 Å². The number of benzene rings is 1. The summed E-state index contributed by atoms with van der Waals surface area (Å²) in [5, 5.41) is 16.5. The van der Waals surface area contributed by atoms with Gasteiger partial charge in [-0.15, -0.1) is 5.10 Å². The molecule has 1 aromatic heterocycles. The maximum atomic E-state index is 11.7. The number of nitrogens with zero attached hydrogens (tertiary/aromatic N) is 2. The molecule has 0 aliphatic heterocycles. The van der Waals surface area contributed by atoms with Crippen molar-refractivity contribution in [3.8, 4) is 0 Å². The minimum atomic E-state index is -1.08. The van der Waals surface area contributed by atoms with Crippen LogP contribution in [0, 0.1) is 0 Å². The topological polar surface area (TPSA) is 92.2 Å². The van der Waals surface area contributed by atoms with Gasteiger partial charge in [0.15, 0.2) is 5.69 Å². The van der Waals surface area contributed by atoms with Crippen molar-refractivity contribution >= 4 is 40.7 Å². The van der Waals surface area contributed by atoms with Crippen LogP contribution in [0.15, 0.2) is 23.6 Å². The van der Waals surface area contributed by atoms with E-state index in [1.54, 1.807) is 0 Å². The standard InChI is InChI=1S/C10H6ClN3O3S/c11-6-3-5(10(16)17)1-2-7(6)12-9(15)8-4-18-14-13-8/h1-4H,(H,12,15)(H,16,17). The predicted octanol–water partition coefficient (Wildman–Crippen LogP) is 2.14. The Morgan fingerprint density at radius 1 is 1.39 bits per heavy atom. The van der Waals surface area contributed by atoms with Gasteiger partial charge in [0.25, 0.3) is 5.91 Å². The average Bonchev–Trinajstić information content (AvgIpc) is 2.85. The summed E-state index contributed by atoms with van der Waals surface area (Å²) in [4.78, 5) is 22.4. The smallest absolute Gasteiger partial charge is 0.335 e. The van der Waals surface area contributed by atoms with Gasteiger partial charge >= 0.3 is 5.97 Å². The van der Waals surface area contributed by atoms with E-state index in [1.807, 2.05) is 0 Å². The lowest BCUT2D eigenvalue weighted by Gasteiger charge is -2.06. The van der Waals surface area contributed by atoms with E-state index in [0.717, 1.165) is 11.5 Å². The molecule has 2 N–H and O–H groups in total. The van der Waals surface area contributed by atoms with Crippen LogP contribution in [0.25, 0.3) is 0 Å². The van der Waals surface area contributed by atoms with Crippen LogP contribution in [0.2, 0.25) is 5.02 Å². The van der Waals surface area contributed by atoms with E-state index in [-0.39, 0.29) is 16.3 Å². The van der Waals surface area contributed by atoms with Crippen molar-refractivity contribution in [1.82, 2.24) is 9.59 Å². The molecule has 2 aromatic rings. The molecule has 92 valence electrons. The van der Waals surface area contributed by atoms with Gasteiger partial charge in [0.05, 0.1) is 16.3 Å². The van der Waals surface area contributed by atoms with Gasteiger partial charge in [0.1, 0.15) is 0 Å². The van der Waals surface area contributed by atoms with E-state index in [0.29, 0.717) is 5.69 Å². The van der Waals surface area contributed by atoms with Crippen LogP contribution in [-0.4, -0.2) is 26.6 Å². The number of hydrogen-bond acceptors (Lipinski definition) is 5. The molecule has 18 heavy (non-hydrogen) atoms. The molecule has 2 rings (SSSR count). The second kappa shape index (κ2) is 5.11. The Morgan fingerprint density at radius 3 is 2.72 bits per heavy atom. The summed E-state index contributed by atoms with van der Waals surface area (Å²) in [6.45, 7) is 0. The van der Waals surface area contributed by atoms with Crippen molar-refractivity contribution in [1.29, 1.82) is 0 Å². The Hall–Kier alpha value is -1.99. The molecule has 1 aromatic carbocycles. The molecule has 0 saturated heterocycles. The maximum absolute atomic E-state index is 11.7. The van der Waals surface area contributed by atoms with Gasteiger partial charge in [-0.25, -0.2) is 4.79 Å². The highest BCUT2D eigenvalue weighted by atomic mass is 35.5. The highest BCUT2D eigenvalue weighted by molar-refractivity contribution is 7.03. The van der Waals surface area contributed by atoms with E-state index in [4.69, 9.17) is 16.7 Å². The van der Waals surface area contributed by atoms with Crippen molar-refractivity contribution in [2.45, 2.75) is 0 Å². The molecule has 0 unspecified atom stereocenters. The van der Waals surface area contributed by atoms with Gasteiger partial charge in [-0.3, -0.25) is 4.79 Å². The lowest BCUT2D eigenvalue weighted by atomic mass is 10.2. The number of carboxylic acid groups (broad SMARTS) is 1. The summed E-state index contributed by atoms with van der Waals surface area (Å²) < 4.78 is 3.56. The minimum Gasteiger partial charge on any atom is -0.478 e. The Balaban J connectivity index is 2.20. The predicted molar refractivity (Wildman–Crippen MR) is 66.3 cm³/mol. The van der Waals surface area contributed by atoms with Gasteiger partial charge < -0.3 is 10.4 Å². The molecule has 0 bridgehead atoms. The molecule has 0 saturated carbocycles. The Labute approximate surface area is 110 Å². The van der Waals surface area contributed by atoms with E-state index in [2.05, 4.69) is 14.9 Å². The Kier molecular flexibility index (Phi) is 3.54. The van der Waals surface area contributed by atoms with Crippen molar-refractivity contribution in [3.05, 3.63) is 39.9 Å². The first-order chi connectivity index (χ1) is 8.58. The molecular weight excluding hydrogens is 278 g/mol. The maximum Gasteiger partial charge on any atom is 0.335 e. The van der Waals surface area contributed by atoms with Crippen LogP contribution in [0.1, 0.15) is 20.8 Å². The minimum absolute atomic E-state index is 0.0494. The van der Waals surface area contributed by atoms with Crippen molar-refractivity contribution in [3.63, 3.8) is 0 Å². The average molecular weight is 284 g/mol. The first-order valence-electron chi connectivity index (χ1n) is 4.69. The van der Waals surface area contributed by atoms with E-state index in [1.165, 1.54) is 23.6 Å². The second-order valence-electron chi connectivity index (χ2n) is 3.24. The van der Waals surface area contributed by atoms with Crippen molar-refractivity contribution < 1.29 is 14.7 Å².